The number of nitrogens with one attached hydrogen (secondary N) is 2. The maximum absolute atomic E-state index is 13.1. The van der Waals surface area contributed by atoms with Gasteiger partial charge in [0.25, 0.3) is 0 Å². The SMILES string of the molecule is N#CC(CCc1ccccc1)NC(=O)C(CC1CCCCC1)NC(=O)N1CCOCC1. The van der Waals surface area contributed by atoms with E-state index in [2.05, 4.69) is 16.7 Å². The molecule has 1 aliphatic carbocycles. The van der Waals surface area contributed by atoms with Gasteiger partial charge in [0.2, 0.25) is 5.91 Å². The average Bonchev–Trinajstić information content (AvgIpc) is 2.83. The molecule has 3 rings (SSSR count). The lowest BCUT2D eigenvalue weighted by Crippen LogP contribution is -2.55. The lowest BCUT2D eigenvalue weighted by molar-refractivity contribution is -0.123. The molecule has 1 aromatic carbocycles. The molecule has 0 bridgehead atoms. The first kappa shape index (κ1) is 23.1. The number of aryl methyl sites for hydroxylation is 1. The van der Waals surface area contributed by atoms with Crippen molar-refractivity contribution in [2.24, 2.45) is 5.92 Å². The molecule has 1 saturated heterocycles. The first-order chi connectivity index (χ1) is 15.2. The van der Waals surface area contributed by atoms with Crippen molar-refractivity contribution >= 4 is 11.9 Å². The monoisotopic (exact) mass is 426 g/mol. The number of amides is 3. The molecule has 168 valence electrons. The topological polar surface area (TPSA) is 94.5 Å². The zero-order valence-corrected chi connectivity index (χ0v) is 18.2. The van der Waals surface area contributed by atoms with E-state index in [1.807, 2.05) is 30.3 Å². The van der Waals surface area contributed by atoms with Crippen LogP contribution < -0.4 is 10.6 Å². The Morgan fingerprint density at radius 1 is 1.10 bits per heavy atom. The molecule has 3 amide bonds. The number of nitriles is 1. The second kappa shape index (κ2) is 12.3. The second-order valence-corrected chi connectivity index (χ2v) is 8.56. The summed E-state index contributed by atoms with van der Waals surface area (Å²) in [5.41, 5.74) is 1.14. The molecule has 2 fully saturated rings. The Hall–Kier alpha value is -2.59. The number of hydrogen-bond donors (Lipinski definition) is 2. The highest BCUT2D eigenvalue weighted by Crippen LogP contribution is 2.27. The van der Waals surface area contributed by atoms with E-state index in [-0.39, 0.29) is 11.9 Å². The van der Waals surface area contributed by atoms with Crippen LogP contribution in [0.3, 0.4) is 0 Å². The quantitative estimate of drug-likeness (QED) is 0.668. The molecule has 7 nitrogen and oxygen atoms in total. The Morgan fingerprint density at radius 3 is 2.48 bits per heavy atom. The highest BCUT2D eigenvalue weighted by Gasteiger charge is 2.29. The van der Waals surface area contributed by atoms with Crippen LogP contribution in [0.25, 0.3) is 0 Å². The first-order valence-electron chi connectivity index (χ1n) is 11.5. The van der Waals surface area contributed by atoms with Gasteiger partial charge in [0.1, 0.15) is 12.1 Å². The Balaban J connectivity index is 1.59. The normalized spacial score (nSPS) is 19.1. The summed E-state index contributed by atoms with van der Waals surface area (Å²) >= 11 is 0. The van der Waals surface area contributed by atoms with Crippen molar-refractivity contribution in [2.75, 3.05) is 26.3 Å². The largest absolute Gasteiger partial charge is 0.378 e. The van der Waals surface area contributed by atoms with Gasteiger partial charge in [-0.2, -0.15) is 5.26 Å². The van der Waals surface area contributed by atoms with Gasteiger partial charge in [-0.3, -0.25) is 4.79 Å². The third-order valence-electron chi connectivity index (χ3n) is 6.24. The molecular weight excluding hydrogens is 392 g/mol. The summed E-state index contributed by atoms with van der Waals surface area (Å²) in [5.74, 6) is 0.172. The van der Waals surface area contributed by atoms with E-state index in [9.17, 15) is 14.9 Å². The Labute approximate surface area is 185 Å². The van der Waals surface area contributed by atoms with E-state index in [0.717, 1.165) is 18.4 Å². The predicted octanol–water partition coefficient (Wildman–Crippen LogP) is 3.01. The van der Waals surface area contributed by atoms with Gasteiger partial charge in [0, 0.05) is 13.1 Å². The zero-order valence-electron chi connectivity index (χ0n) is 18.2. The van der Waals surface area contributed by atoms with Crippen molar-refractivity contribution in [2.45, 2.75) is 63.5 Å². The number of rotatable bonds is 8. The molecule has 2 unspecified atom stereocenters. The molecule has 1 aliphatic heterocycles. The first-order valence-corrected chi connectivity index (χ1v) is 11.5. The van der Waals surface area contributed by atoms with Crippen LogP contribution in [0.1, 0.15) is 50.5 Å². The number of urea groups is 1. The minimum Gasteiger partial charge on any atom is -0.378 e. The van der Waals surface area contributed by atoms with E-state index in [1.54, 1.807) is 4.90 Å². The van der Waals surface area contributed by atoms with Crippen LogP contribution in [0.4, 0.5) is 4.79 Å². The number of carbonyl (C=O) groups is 2. The average molecular weight is 427 g/mol. The van der Waals surface area contributed by atoms with E-state index >= 15 is 0 Å². The number of carbonyl (C=O) groups excluding carboxylic acids is 2. The van der Waals surface area contributed by atoms with Crippen molar-refractivity contribution in [1.82, 2.24) is 15.5 Å². The lowest BCUT2D eigenvalue weighted by Gasteiger charge is -2.31. The smallest absolute Gasteiger partial charge is 0.318 e. The third kappa shape index (κ3) is 7.55. The summed E-state index contributed by atoms with van der Waals surface area (Å²) in [6, 6.07) is 10.7. The summed E-state index contributed by atoms with van der Waals surface area (Å²) in [5, 5.41) is 15.4. The van der Waals surface area contributed by atoms with Gasteiger partial charge in [0.15, 0.2) is 0 Å². The molecule has 1 aromatic rings. The van der Waals surface area contributed by atoms with Crippen molar-refractivity contribution in [1.29, 1.82) is 5.26 Å². The fraction of sp³-hybridized carbons (Fsp3) is 0.625. The summed E-state index contributed by atoms with van der Waals surface area (Å²) in [6.45, 7) is 2.09. The van der Waals surface area contributed by atoms with Gasteiger partial charge in [-0.25, -0.2) is 4.79 Å². The van der Waals surface area contributed by atoms with Crippen LogP contribution in [-0.2, 0) is 16.0 Å². The van der Waals surface area contributed by atoms with Crippen molar-refractivity contribution in [3.05, 3.63) is 35.9 Å². The van der Waals surface area contributed by atoms with Gasteiger partial charge < -0.3 is 20.3 Å². The Kier molecular flexibility index (Phi) is 9.16. The van der Waals surface area contributed by atoms with Crippen LogP contribution in [0, 0.1) is 17.2 Å². The van der Waals surface area contributed by atoms with Crippen LogP contribution in [0.15, 0.2) is 30.3 Å². The van der Waals surface area contributed by atoms with Crippen molar-refractivity contribution < 1.29 is 14.3 Å². The molecule has 7 heteroatoms. The van der Waals surface area contributed by atoms with Crippen molar-refractivity contribution in [3.8, 4) is 6.07 Å². The molecule has 1 heterocycles. The van der Waals surface area contributed by atoms with Crippen LogP contribution in [0.2, 0.25) is 0 Å². The fourth-order valence-electron chi connectivity index (χ4n) is 4.39. The number of nitrogens with zero attached hydrogens (tertiary/aromatic N) is 2. The molecule has 0 spiro atoms. The number of hydrogen-bond acceptors (Lipinski definition) is 4. The van der Waals surface area contributed by atoms with Crippen LogP contribution in [-0.4, -0.2) is 55.2 Å². The molecule has 2 aliphatic rings. The summed E-state index contributed by atoms with van der Waals surface area (Å²) in [7, 11) is 0. The van der Waals surface area contributed by atoms with E-state index in [1.165, 1.54) is 19.3 Å². The molecular formula is C24H34N4O3. The third-order valence-corrected chi connectivity index (χ3v) is 6.24. The molecule has 2 atom stereocenters. The molecule has 1 saturated carbocycles. The van der Waals surface area contributed by atoms with Gasteiger partial charge >= 0.3 is 6.03 Å². The van der Waals surface area contributed by atoms with Gasteiger partial charge in [0.05, 0.1) is 19.3 Å². The second-order valence-electron chi connectivity index (χ2n) is 8.56. The van der Waals surface area contributed by atoms with Crippen LogP contribution in [0.5, 0.6) is 0 Å². The standard InChI is InChI=1S/C24H34N4O3/c25-18-21(12-11-19-7-3-1-4-8-19)26-23(29)22(17-20-9-5-2-6-10-20)27-24(30)28-13-15-31-16-14-28/h1,3-4,7-8,20-22H,2,5-6,9-17H2,(H,26,29)(H,27,30). The van der Waals surface area contributed by atoms with E-state index < -0.39 is 12.1 Å². The zero-order chi connectivity index (χ0) is 21.9. The minimum atomic E-state index is -0.619. The van der Waals surface area contributed by atoms with Gasteiger partial charge in [-0.1, -0.05) is 62.4 Å². The van der Waals surface area contributed by atoms with Crippen LogP contribution >= 0.6 is 0 Å². The van der Waals surface area contributed by atoms with E-state index in [0.29, 0.717) is 51.5 Å². The van der Waals surface area contributed by atoms with Crippen molar-refractivity contribution in [3.63, 3.8) is 0 Å². The summed E-state index contributed by atoms with van der Waals surface area (Å²) in [4.78, 5) is 27.5. The maximum atomic E-state index is 13.1. The number of ether oxygens (including phenoxy) is 1. The lowest BCUT2D eigenvalue weighted by atomic mass is 9.84. The summed E-state index contributed by atoms with van der Waals surface area (Å²) < 4.78 is 5.32. The van der Waals surface area contributed by atoms with Gasteiger partial charge in [-0.05, 0) is 30.7 Å². The fourth-order valence-corrected chi connectivity index (χ4v) is 4.39. The highest BCUT2D eigenvalue weighted by atomic mass is 16.5. The Bertz CT molecular complexity index is 737. The van der Waals surface area contributed by atoms with E-state index in [4.69, 9.17) is 4.74 Å². The maximum Gasteiger partial charge on any atom is 0.318 e. The number of morpholine rings is 1. The number of benzene rings is 1. The Morgan fingerprint density at radius 2 is 1.81 bits per heavy atom. The summed E-state index contributed by atoms with van der Waals surface area (Å²) in [6.07, 6.45) is 7.65. The van der Waals surface area contributed by atoms with Gasteiger partial charge in [-0.15, -0.1) is 0 Å². The molecule has 0 radical (unpaired) electrons. The molecule has 2 N–H and O–H groups in total. The predicted molar refractivity (Wildman–Crippen MR) is 118 cm³/mol. The molecule has 0 aromatic heterocycles. The molecule has 31 heavy (non-hydrogen) atoms. The highest BCUT2D eigenvalue weighted by molar-refractivity contribution is 5.87. The minimum absolute atomic E-state index is 0.225.